The summed E-state index contributed by atoms with van der Waals surface area (Å²) in [5, 5.41) is 13.1. The number of nitrogens with zero attached hydrogens (tertiary/aromatic N) is 3. The quantitative estimate of drug-likeness (QED) is 0.946. The molecule has 2 heterocycles. The van der Waals surface area contributed by atoms with Crippen LogP contribution in [0.3, 0.4) is 0 Å². The van der Waals surface area contributed by atoms with Gasteiger partial charge in [-0.05, 0) is 17.7 Å². The van der Waals surface area contributed by atoms with Crippen LogP contribution in [0.2, 0.25) is 0 Å². The zero-order valence-electron chi connectivity index (χ0n) is 11.3. The number of carboxylic acids is 1. The Morgan fingerprint density at radius 3 is 2.77 bits per heavy atom. The fraction of sp³-hybridized carbons (Fsp3) is 0.286. The molecule has 1 aromatic carbocycles. The minimum atomic E-state index is -4.39. The lowest BCUT2D eigenvalue weighted by Crippen LogP contribution is -2.21. The molecule has 0 fully saturated rings. The molecule has 0 spiro atoms. The molecule has 0 bridgehead atoms. The van der Waals surface area contributed by atoms with Gasteiger partial charge in [-0.15, -0.1) is 0 Å². The maximum Gasteiger partial charge on any atom is 0.416 e. The van der Waals surface area contributed by atoms with E-state index in [9.17, 15) is 18.0 Å². The third-order valence-corrected chi connectivity index (χ3v) is 3.55. The summed E-state index contributed by atoms with van der Waals surface area (Å²) in [6, 6.07) is 5.04. The molecule has 8 heteroatoms. The molecule has 0 radical (unpaired) electrons. The number of hydrogen-bond acceptors (Lipinski definition) is 3. The van der Waals surface area contributed by atoms with Gasteiger partial charge in [0.15, 0.2) is 0 Å². The van der Waals surface area contributed by atoms with Crippen LogP contribution in [0.4, 0.5) is 19.0 Å². The number of rotatable bonds is 3. The Morgan fingerprint density at radius 1 is 1.32 bits per heavy atom. The number of benzene rings is 1. The van der Waals surface area contributed by atoms with Crippen molar-refractivity contribution >= 4 is 11.8 Å². The number of aromatic carboxylic acids is 1. The van der Waals surface area contributed by atoms with Gasteiger partial charge < -0.3 is 10.0 Å². The molecule has 1 aliphatic heterocycles. The van der Waals surface area contributed by atoms with E-state index in [-0.39, 0.29) is 12.1 Å². The van der Waals surface area contributed by atoms with Gasteiger partial charge in [0.2, 0.25) is 0 Å². The van der Waals surface area contributed by atoms with Crippen molar-refractivity contribution in [3.8, 4) is 0 Å². The van der Waals surface area contributed by atoms with Crippen LogP contribution in [0.5, 0.6) is 0 Å². The molecule has 5 nitrogen and oxygen atoms in total. The number of halogens is 3. The van der Waals surface area contributed by atoms with Gasteiger partial charge in [-0.25, -0.2) is 9.48 Å². The molecule has 0 saturated carbocycles. The molecular weight excluding hydrogens is 299 g/mol. The summed E-state index contributed by atoms with van der Waals surface area (Å²) in [7, 11) is 0. The van der Waals surface area contributed by atoms with E-state index in [2.05, 4.69) is 5.10 Å². The van der Waals surface area contributed by atoms with Crippen molar-refractivity contribution in [2.45, 2.75) is 19.3 Å². The van der Waals surface area contributed by atoms with E-state index in [1.807, 2.05) is 0 Å². The first-order valence-electron chi connectivity index (χ1n) is 6.56. The van der Waals surface area contributed by atoms with Gasteiger partial charge in [0.05, 0.1) is 18.3 Å². The van der Waals surface area contributed by atoms with Gasteiger partial charge in [0.1, 0.15) is 11.4 Å². The van der Waals surface area contributed by atoms with Gasteiger partial charge in [-0.1, -0.05) is 12.1 Å². The highest BCUT2D eigenvalue weighted by Crippen LogP contribution is 2.31. The van der Waals surface area contributed by atoms with E-state index in [1.165, 1.54) is 12.3 Å². The summed E-state index contributed by atoms with van der Waals surface area (Å²) < 4.78 is 39.8. The van der Waals surface area contributed by atoms with Gasteiger partial charge in [-0.3, -0.25) is 0 Å². The SMILES string of the molecule is O=C(O)c1cnn2c1N(Cc1cccc(C(F)(F)F)c1)CC2. The standard InChI is InChI=1S/C14H12F3N3O2/c15-14(16,17)10-3-1-2-9(6-10)8-19-4-5-20-12(19)11(7-18-20)13(21)22/h1-3,6-7H,4-5,8H2,(H,21,22). The van der Waals surface area contributed by atoms with Crippen molar-refractivity contribution in [1.82, 2.24) is 9.78 Å². The molecular formula is C14H12F3N3O2. The van der Waals surface area contributed by atoms with Gasteiger partial charge in [0, 0.05) is 13.1 Å². The summed E-state index contributed by atoms with van der Waals surface area (Å²) in [6.45, 7) is 1.23. The minimum Gasteiger partial charge on any atom is -0.477 e. The summed E-state index contributed by atoms with van der Waals surface area (Å²) in [5.41, 5.74) is -0.179. The summed E-state index contributed by atoms with van der Waals surface area (Å²) in [6.07, 6.45) is -3.13. The Labute approximate surface area is 123 Å². The van der Waals surface area contributed by atoms with Crippen molar-refractivity contribution < 1.29 is 23.1 Å². The van der Waals surface area contributed by atoms with E-state index < -0.39 is 17.7 Å². The predicted molar refractivity (Wildman–Crippen MR) is 71.7 cm³/mol. The number of carbonyl (C=O) groups is 1. The first kappa shape index (κ1) is 14.4. The smallest absolute Gasteiger partial charge is 0.416 e. The number of fused-ring (bicyclic) bond motifs is 1. The molecule has 0 unspecified atom stereocenters. The van der Waals surface area contributed by atoms with Crippen LogP contribution in [-0.4, -0.2) is 27.4 Å². The van der Waals surface area contributed by atoms with Crippen molar-refractivity contribution in [3.63, 3.8) is 0 Å². The zero-order valence-corrected chi connectivity index (χ0v) is 11.3. The van der Waals surface area contributed by atoms with Crippen LogP contribution in [0, 0.1) is 0 Å². The lowest BCUT2D eigenvalue weighted by atomic mass is 10.1. The second-order valence-corrected chi connectivity index (χ2v) is 5.03. The normalized spacial score (nSPS) is 14.2. The number of anilines is 1. The molecule has 0 atom stereocenters. The molecule has 0 saturated heterocycles. The molecule has 22 heavy (non-hydrogen) atoms. The molecule has 116 valence electrons. The highest BCUT2D eigenvalue weighted by atomic mass is 19.4. The average molecular weight is 311 g/mol. The first-order valence-corrected chi connectivity index (χ1v) is 6.56. The maximum atomic E-state index is 12.7. The highest BCUT2D eigenvalue weighted by Gasteiger charge is 2.31. The summed E-state index contributed by atoms with van der Waals surface area (Å²) >= 11 is 0. The first-order chi connectivity index (χ1) is 10.4. The van der Waals surface area contributed by atoms with E-state index in [0.717, 1.165) is 12.1 Å². The zero-order chi connectivity index (χ0) is 15.9. The summed E-state index contributed by atoms with van der Waals surface area (Å²) in [5.74, 6) is -0.665. The molecule has 2 aromatic rings. The van der Waals surface area contributed by atoms with Crippen LogP contribution < -0.4 is 4.90 Å². The van der Waals surface area contributed by atoms with Gasteiger partial charge >= 0.3 is 12.1 Å². The molecule has 3 rings (SSSR count). The number of aromatic nitrogens is 2. The van der Waals surface area contributed by atoms with Gasteiger partial charge in [-0.2, -0.15) is 18.3 Å². The third-order valence-electron chi connectivity index (χ3n) is 3.55. The van der Waals surface area contributed by atoms with Crippen LogP contribution in [0.25, 0.3) is 0 Å². The lowest BCUT2D eigenvalue weighted by Gasteiger charge is -2.18. The van der Waals surface area contributed by atoms with E-state index in [4.69, 9.17) is 5.11 Å². The van der Waals surface area contributed by atoms with E-state index in [0.29, 0.717) is 24.5 Å². The largest absolute Gasteiger partial charge is 0.477 e. The lowest BCUT2D eigenvalue weighted by molar-refractivity contribution is -0.137. The fourth-order valence-corrected chi connectivity index (χ4v) is 2.57. The van der Waals surface area contributed by atoms with Gasteiger partial charge in [0.25, 0.3) is 0 Å². The second-order valence-electron chi connectivity index (χ2n) is 5.03. The fourth-order valence-electron chi connectivity index (χ4n) is 2.57. The maximum absolute atomic E-state index is 12.7. The van der Waals surface area contributed by atoms with Crippen molar-refractivity contribution in [2.24, 2.45) is 0 Å². The third kappa shape index (κ3) is 2.51. The van der Waals surface area contributed by atoms with Crippen LogP contribution in [-0.2, 0) is 19.3 Å². The Balaban J connectivity index is 1.88. The van der Waals surface area contributed by atoms with Crippen LogP contribution >= 0.6 is 0 Å². The Kier molecular flexibility index (Phi) is 3.31. The summed E-state index contributed by atoms with van der Waals surface area (Å²) in [4.78, 5) is 12.9. The molecule has 1 N–H and O–H groups in total. The molecule has 1 aliphatic rings. The van der Waals surface area contributed by atoms with Crippen LogP contribution in [0.1, 0.15) is 21.5 Å². The molecule has 0 aliphatic carbocycles. The monoisotopic (exact) mass is 311 g/mol. The number of carboxylic acid groups (broad SMARTS) is 1. The minimum absolute atomic E-state index is 0.0597. The predicted octanol–water partition coefficient (Wildman–Crippen LogP) is 2.62. The molecule has 0 amide bonds. The van der Waals surface area contributed by atoms with Crippen molar-refractivity contribution in [1.29, 1.82) is 0 Å². The number of hydrogen-bond donors (Lipinski definition) is 1. The topological polar surface area (TPSA) is 58.4 Å². The van der Waals surface area contributed by atoms with E-state index in [1.54, 1.807) is 15.6 Å². The Morgan fingerprint density at radius 2 is 2.09 bits per heavy atom. The average Bonchev–Trinajstić information content (AvgIpc) is 3.01. The Hall–Kier alpha value is -2.51. The highest BCUT2D eigenvalue weighted by molar-refractivity contribution is 5.93. The van der Waals surface area contributed by atoms with Crippen molar-refractivity contribution in [2.75, 3.05) is 11.4 Å². The van der Waals surface area contributed by atoms with Crippen LogP contribution in [0.15, 0.2) is 30.5 Å². The Bertz CT molecular complexity index is 724. The van der Waals surface area contributed by atoms with E-state index >= 15 is 0 Å². The van der Waals surface area contributed by atoms with Crippen molar-refractivity contribution in [3.05, 3.63) is 47.2 Å². The number of alkyl halides is 3. The molecule has 1 aromatic heterocycles. The second kappa shape index (κ2) is 5.04.